The van der Waals surface area contributed by atoms with Crippen LogP contribution in [-0.2, 0) is 5.75 Å². The number of nitrogens with one attached hydrogen (secondary N) is 1. The molecule has 0 fully saturated rings. The molecular weight excluding hydrogens is 242 g/mol. The Bertz CT molecular complexity index is 514. The zero-order chi connectivity index (χ0) is 12.8. The molecule has 0 atom stereocenters. The zero-order valence-corrected chi connectivity index (χ0v) is 11.5. The summed E-state index contributed by atoms with van der Waals surface area (Å²) in [5.41, 5.74) is 2.62. The van der Waals surface area contributed by atoms with Crippen LogP contribution in [0.3, 0.4) is 0 Å². The van der Waals surface area contributed by atoms with E-state index in [1.807, 2.05) is 13.0 Å². The van der Waals surface area contributed by atoms with E-state index < -0.39 is 0 Å². The number of benzene rings is 1. The first-order valence-electron chi connectivity index (χ1n) is 6.03. The second-order valence-electron chi connectivity index (χ2n) is 4.03. The molecule has 0 aliphatic carbocycles. The summed E-state index contributed by atoms with van der Waals surface area (Å²) >= 11 is 1.73. The Labute approximate surface area is 112 Å². The highest BCUT2D eigenvalue weighted by Gasteiger charge is 2.00. The summed E-state index contributed by atoms with van der Waals surface area (Å²) in [5.74, 6) is 1.64. The minimum Gasteiger partial charge on any atom is -0.354 e. The van der Waals surface area contributed by atoms with E-state index >= 15 is 0 Å². The summed E-state index contributed by atoms with van der Waals surface area (Å²) < 4.78 is 0. The highest BCUT2D eigenvalue weighted by atomic mass is 32.2. The number of rotatable bonds is 5. The lowest BCUT2D eigenvalue weighted by molar-refractivity contribution is 1.01. The number of aryl methyl sites for hydroxylation is 1. The Kier molecular flexibility index (Phi) is 4.59. The monoisotopic (exact) mass is 259 g/mol. The fourth-order valence-electron chi connectivity index (χ4n) is 1.63. The largest absolute Gasteiger partial charge is 0.354 e. The first-order valence-corrected chi connectivity index (χ1v) is 7.02. The third-order valence-electron chi connectivity index (χ3n) is 2.43. The molecule has 1 aromatic carbocycles. The molecule has 0 radical (unpaired) electrons. The van der Waals surface area contributed by atoms with E-state index in [2.05, 4.69) is 46.5 Å². The van der Waals surface area contributed by atoms with Crippen molar-refractivity contribution in [1.29, 1.82) is 0 Å². The standard InChI is InChI=1S/C14H17N3S/c1-3-15-14-16-8-7-13(17-14)18-10-12-6-4-5-11(2)9-12/h4-9H,3,10H2,1-2H3,(H,15,16,17). The van der Waals surface area contributed by atoms with Crippen LogP contribution in [0.25, 0.3) is 0 Å². The van der Waals surface area contributed by atoms with Gasteiger partial charge in [-0.25, -0.2) is 9.97 Å². The van der Waals surface area contributed by atoms with Crippen LogP contribution in [0.15, 0.2) is 41.6 Å². The van der Waals surface area contributed by atoms with E-state index in [1.54, 1.807) is 18.0 Å². The molecule has 0 saturated carbocycles. The van der Waals surface area contributed by atoms with Gasteiger partial charge in [-0.3, -0.25) is 0 Å². The van der Waals surface area contributed by atoms with Crippen LogP contribution in [-0.4, -0.2) is 16.5 Å². The summed E-state index contributed by atoms with van der Waals surface area (Å²) in [7, 11) is 0. The number of aromatic nitrogens is 2. The molecular formula is C14H17N3S. The van der Waals surface area contributed by atoms with Gasteiger partial charge in [0.05, 0.1) is 0 Å². The van der Waals surface area contributed by atoms with E-state index in [4.69, 9.17) is 0 Å². The van der Waals surface area contributed by atoms with E-state index in [0.29, 0.717) is 5.95 Å². The lowest BCUT2D eigenvalue weighted by Gasteiger charge is -2.05. The maximum Gasteiger partial charge on any atom is 0.223 e. The third kappa shape index (κ3) is 3.74. The maximum absolute atomic E-state index is 4.44. The molecule has 1 aromatic heterocycles. The van der Waals surface area contributed by atoms with Gasteiger partial charge in [0.25, 0.3) is 0 Å². The number of hydrogen-bond acceptors (Lipinski definition) is 4. The van der Waals surface area contributed by atoms with Crippen LogP contribution in [0.2, 0.25) is 0 Å². The van der Waals surface area contributed by atoms with Gasteiger partial charge in [0.15, 0.2) is 0 Å². The van der Waals surface area contributed by atoms with E-state index in [0.717, 1.165) is 17.3 Å². The fourth-order valence-corrected chi connectivity index (χ4v) is 2.43. The Balaban J connectivity index is 1.99. The summed E-state index contributed by atoms with van der Waals surface area (Å²) in [6.07, 6.45) is 1.80. The van der Waals surface area contributed by atoms with Crippen LogP contribution in [0, 0.1) is 6.92 Å². The normalized spacial score (nSPS) is 10.3. The molecule has 0 aliphatic heterocycles. The molecule has 1 N–H and O–H groups in total. The molecule has 3 nitrogen and oxygen atoms in total. The van der Waals surface area contributed by atoms with Crippen LogP contribution < -0.4 is 5.32 Å². The molecule has 0 amide bonds. The quantitative estimate of drug-likeness (QED) is 0.658. The average Bonchev–Trinajstić information content (AvgIpc) is 2.37. The van der Waals surface area contributed by atoms with Gasteiger partial charge in [0.2, 0.25) is 5.95 Å². The van der Waals surface area contributed by atoms with Crippen molar-refractivity contribution in [2.75, 3.05) is 11.9 Å². The van der Waals surface area contributed by atoms with Crippen molar-refractivity contribution in [3.63, 3.8) is 0 Å². The molecule has 2 rings (SSSR count). The van der Waals surface area contributed by atoms with Crippen molar-refractivity contribution in [2.24, 2.45) is 0 Å². The molecule has 0 saturated heterocycles. The van der Waals surface area contributed by atoms with Gasteiger partial charge in [0.1, 0.15) is 5.03 Å². The summed E-state index contributed by atoms with van der Waals surface area (Å²) in [5, 5.41) is 4.12. The third-order valence-corrected chi connectivity index (χ3v) is 3.43. The molecule has 1 heterocycles. The van der Waals surface area contributed by atoms with Crippen molar-refractivity contribution in [3.05, 3.63) is 47.7 Å². The van der Waals surface area contributed by atoms with Crippen molar-refractivity contribution in [3.8, 4) is 0 Å². The van der Waals surface area contributed by atoms with Gasteiger partial charge in [0, 0.05) is 18.5 Å². The van der Waals surface area contributed by atoms with Crippen LogP contribution >= 0.6 is 11.8 Å². The maximum atomic E-state index is 4.44. The molecule has 4 heteroatoms. The van der Waals surface area contributed by atoms with Crippen molar-refractivity contribution in [1.82, 2.24) is 9.97 Å². The topological polar surface area (TPSA) is 37.8 Å². The Morgan fingerprint density at radius 1 is 1.28 bits per heavy atom. The number of nitrogens with zero attached hydrogens (tertiary/aromatic N) is 2. The van der Waals surface area contributed by atoms with Gasteiger partial charge in [-0.2, -0.15) is 0 Å². The van der Waals surface area contributed by atoms with Crippen LogP contribution in [0.5, 0.6) is 0 Å². The van der Waals surface area contributed by atoms with Crippen molar-refractivity contribution >= 4 is 17.7 Å². The zero-order valence-electron chi connectivity index (χ0n) is 10.7. The number of thioether (sulfide) groups is 1. The predicted octanol–water partition coefficient (Wildman–Crippen LogP) is 3.51. The first-order chi connectivity index (χ1) is 8.78. The van der Waals surface area contributed by atoms with Crippen molar-refractivity contribution < 1.29 is 0 Å². The summed E-state index contributed by atoms with van der Waals surface area (Å²) in [6.45, 7) is 4.99. The van der Waals surface area contributed by atoms with Gasteiger partial charge >= 0.3 is 0 Å². The lowest BCUT2D eigenvalue weighted by atomic mass is 10.2. The molecule has 18 heavy (non-hydrogen) atoms. The SMILES string of the molecule is CCNc1nccc(SCc2cccc(C)c2)n1. The number of hydrogen-bond donors (Lipinski definition) is 1. The molecule has 0 bridgehead atoms. The second-order valence-corrected chi connectivity index (χ2v) is 5.02. The van der Waals surface area contributed by atoms with Gasteiger partial charge in [-0.1, -0.05) is 29.8 Å². The Hall–Kier alpha value is -1.55. The molecule has 2 aromatic rings. The van der Waals surface area contributed by atoms with Crippen LogP contribution in [0.4, 0.5) is 5.95 Å². The average molecular weight is 259 g/mol. The van der Waals surface area contributed by atoms with E-state index in [9.17, 15) is 0 Å². The highest BCUT2D eigenvalue weighted by molar-refractivity contribution is 7.98. The fraction of sp³-hybridized carbons (Fsp3) is 0.286. The lowest BCUT2D eigenvalue weighted by Crippen LogP contribution is -2.01. The highest BCUT2D eigenvalue weighted by Crippen LogP contribution is 2.21. The van der Waals surface area contributed by atoms with Gasteiger partial charge < -0.3 is 5.32 Å². The second kappa shape index (κ2) is 6.40. The minimum absolute atomic E-state index is 0.701. The van der Waals surface area contributed by atoms with Gasteiger partial charge in [-0.15, -0.1) is 11.8 Å². The molecule has 0 unspecified atom stereocenters. The predicted molar refractivity (Wildman–Crippen MR) is 76.9 cm³/mol. The molecule has 0 aliphatic rings. The van der Waals surface area contributed by atoms with Crippen molar-refractivity contribution in [2.45, 2.75) is 24.6 Å². The van der Waals surface area contributed by atoms with E-state index in [-0.39, 0.29) is 0 Å². The minimum atomic E-state index is 0.701. The van der Waals surface area contributed by atoms with Gasteiger partial charge in [-0.05, 0) is 25.5 Å². The molecule has 94 valence electrons. The first kappa shape index (κ1) is 12.9. The van der Waals surface area contributed by atoms with E-state index in [1.165, 1.54) is 11.1 Å². The van der Waals surface area contributed by atoms with Crippen LogP contribution in [0.1, 0.15) is 18.1 Å². The summed E-state index contributed by atoms with van der Waals surface area (Å²) in [4.78, 5) is 8.60. The smallest absolute Gasteiger partial charge is 0.223 e. The number of anilines is 1. The Morgan fingerprint density at radius 3 is 2.94 bits per heavy atom. The summed E-state index contributed by atoms with van der Waals surface area (Å²) in [6, 6.07) is 10.5. The molecule has 0 spiro atoms. The Morgan fingerprint density at radius 2 is 2.17 bits per heavy atom.